The van der Waals surface area contributed by atoms with Crippen molar-refractivity contribution in [3.63, 3.8) is 0 Å². The van der Waals surface area contributed by atoms with Gasteiger partial charge >= 0.3 is 0 Å². The number of benzene rings is 1. The molecule has 78 valence electrons. The van der Waals surface area contributed by atoms with Gasteiger partial charge in [0.15, 0.2) is 0 Å². The molecule has 0 atom stereocenters. The molecule has 16 heavy (non-hydrogen) atoms. The highest BCUT2D eigenvalue weighted by Crippen LogP contribution is 2.27. The van der Waals surface area contributed by atoms with Gasteiger partial charge in [-0.25, -0.2) is 9.37 Å². The lowest BCUT2D eigenvalue weighted by Gasteiger charge is -1.98. The van der Waals surface area contributed by atoms with Crippen molar-refractivity contribution in [3.05, 3.63) is 54.6 Å². The fourth-order valence-corrected chi connectivity index (χ4v) is 1.83. The molecule has 0 aliphatic carbocycles. The third-order valence-corrected chi connectivity index (χ3v) is 2.58. The van der Waals surface area contributed by atoms with Crippen LogP contribution in [0.4, 0.5) is 4.39 Å². The lowest BCUT2D eigenvalue weighted by atomic mass is 10.1. The molecule has 0 amide bonds. The van der Waals surface area contributed by atoms with Crippen LogP contribution in [0, 0.1) is 5.82 Å². The van der Waals surface area contributed by atoms with E-state index in [-0.39, 0.29) is 5.82 Å². The molecule has 0 fully saturated rings. The fourth-order valence-electron chi connectivity index (χ4n) is 1.83. The second-order valence-corrected chi connectivity index (χ2v) is 3.62. The molecular weight excluding hydrogens is 203 g/mol. The average molecular weight is 212 g/mol. The molecule has 0 aliphatic heterocycles. The number of aromatic amines is 1. The van der Waals surface area contributed by atoms with E-state index in [1.54, 1.807) is 0 Å². The number of aromatic nitrogens is 2. The van der Waals surface area contributed by atoms with E-state index in [4.69, 9.17) is 0 Å². The van der Waals surface area contributed by atoms with E-state index in [0.29, 0.717) is 5.65 Å². The summed E-state index contributed by atoms with van der Waals surface area (Å²) in [6, 6.07) is 11.4. The maximum atomic E-state index is 13.1. The smallest absolute Gasteiger partial charge is 0.142 e. The van der Waals surface area contributed by atoms with Crippen LogP contribution in [0.3, 0.4) is 0 Å². The van der Waals surface area contributed by atoms with Crippen molar-refractivity contribution < 1.29 is 4.39 Å². The highest BCUT2D eigenvalue weighted by atomic mass is 19.1. The van der Waals surface area contributed by atoms with Crippen molar-refractivity contribution in [1.29, 1.82) is 0 Å². The van der Waals surface area contributed by atoms with E-state index >= 15 is 0 Å². The first-order valence-electron chi connectivity index (χ1n) is 5.02. The van der Waals surface area contributed by atoms with Crippen LogP contribution in [0.15, 0.2) is 48.8 Å². The van der Waals surface area contributed by atoms with Gasteiger partial charge in [0.05, 0.1) is 6.20 Å². The fraction of sp³-hybridized carbons (Fsp3) is 0. The van der Waals surface area contributed by atoms with Crippen molar-refractivity contribution in [2.45, 2.75) is 0 Å². The Morgan fingerprint density at radius 2 is 1.94 bits per heavy atom. The van der Waals surface area contributed by atoms with Crippen molar-refractivity contribution in [1.82, 2.24) is 9.97 Å². The predicted molar refractivity (Wildman–Crippen MR) is 61.5 cm³/mol. The zero-order valence-corrected chi connectivity index (χ0v) is 8.44. The molecule has 2 nitrogen and oxygen atoms in total. The summed E-state index contributed by atoms with van der Waals surface area (Å²) in [6.07, 6.45) is 3.07. The Kier molecular flexibility index (Phi) is 1.96. The summed E-state index contributed by atoms with van der Waals surface area (Å²) in [6.45, 7) is 0. The molecule has 0 bridgehead atoms. The van der Waals surface area contributed by atoms with Gasteiger partial charge in [0.2, 0.25) is 0 Å². The molecule has 0 radical (unpaired) electrons. The van der Waals surface area contributed by atoms with Gasteiger partial charge in [0.1, 0.15) is 11.5 Å². The van der Waals surface area contributed by atoms with E-state index < -0.39 is 0 Å². The van der Waals surface area contributed by atoms with E-state index in [0.717, 1.165) is 16.5 Å². The molecule has 0 spiro atoms. The Balaban J connectivity index is 2.29. The molecule has 3 aromatic rings. The maximum Gasteiger partial charge on any atom is 0.142 e. The summed E-state index contributed by atoms with van der Waals surface area (Å²) in [5.41, 5.74) is 2.74. The van der Waals surface area contributed by atoms with Gasteiger partial charge < -0.3 is 4.98 Å². The van der Waals surface area contributed by atoms with Crippen LogP contribution in [-0.2, 0) is 0 Å². The number of pyridine rings is 1. The zero-order valence-electron chi connectivity index (χ0n) is 8.44. The first-order chi connectivity index (χ1) is 7.84. The number of nitrogens with zero attached hydrogens (tertiary/aromatic N) is 1. The van der Waals surface area contributed by atoms with Gasteiger partial charge in [-0.15, -0.1) is 0 Å². The first kappa shape index (κ1) is 9.09. The largest absolute Gasteiger partial charge is 0.346 e. The monoisotopic (exact) mass is 212 g/mol. The van der Waals surface area contributed by atoms with Gasteiger partial charge in [-0.3, -0.25) is 0 Å². The number of hydrogen-bond acceptors (Lipinski definition) is 1. The molecule has 0 saturated carbocycles. The van der Waals surface area contributed by atoms with Gasteiger partial charge in [0.25, 0.3) is 0 Å². The quantitative estimate of drug-likeness (QED) is 0.658. The summed E-state index contributed by atoms with van der Waals surface area (Å²) >= 11 is 0. The zero-order chi connectivity index (χ0) is 11.0. The molecule has 1 N–H and O–H groups in total. The third-order valence-electron chi connectivity index (χ3n) is 2.58. The second kappa shape index (κ2) is 3.45. The van der Waals surface area contributed by atoms with E-state index in [9.17, 15) is 4.39 Å². The molecule has 1 aromatic carbocycles. The number of hydrogen-bond donors (Lipinski definition) is 1. The summed E-state index contributed by atoms with van der Waals surface area (Å²) < 4.78 is 13.1. The predicted octanol–water partition coefficient (Wildman–Crippen LogP) is 3.37. The minimum atomic E-state index is -0.315. The van der Waals surface area contributed by atoms with Crippen LogP contribution in [0.2, 0.25) is 0 Å². The van der Waals surface area contributed by atoms with Crippen molar-refractivity contribution in [2.75, 3.05) is 0 Å². The SMILES string of the molecule is Fc1cnc2[nH]cc(-c3ccccc3)c2c1. The Labute approximate surface area is 91.8 Å². The first-order valence-corrected chi connectivity index (χ1v) is 5.02. The topological polar surface area (TPSA) is 28.7 Å². The van der Waals surface area contributed by atoms with Gasteiger partial charge in [-0.05, 0) is 11.6 Å². The number of nitrogens with one attached hydrogen (secondary N) is 1. The Hall–Kier alpha value is -2.16. The van der Waals surface area contributed by atoms with E-state index in [2.05, 4.69) is 9.97 Å². The van der Waals surface area contributed by atoms with E-state index in [1.807, 2.05) is 36.5 Å². The molecule has 2 aromatic heterocycles. The van der Waals surface area contributed by atoms with Gasteiger partial charge in [0, 0.05) is 17.1 Å². The molecule has 2 heterocycles. The third kappa shape index (κ3) is 1.37. The van der Waals surface area contributed by atoms with Crippen LogP contribution in [0.5, 0.6) is 0 Å². The molecule has 0 aliphatic rings. The minimum absolute atomic E-state index is 0.315. The number of halogens is 1. The standard InChI is InChI=1S/C13H9FN2/c14-10-6-11-12(8-16-13(11)15-7-10)9-4-2-1-3-5-9/h1-8H,(H,15,16). The molecule has 3 rings (SSSR count). The lowest BCUT2D eigenvalue weighted by Crippen LogP contribution is -1.80. The van der Waals surface area contributed by atoms with Crippen LogP contribution in [0.1, 0.15) is 0 Å². The highest BCUT2D eigenvalue weighted by Gasteiger charge is 2.07. The Morgan fingerprint density at radius 3 is 2.75 bits per heavy atom. The summed E-state index contributed by atoms with van der Waals surface area (Å²) in [4.78, 5) is 7.03. The minimum Gasteiger partial charge on any atom is -0.346 e. The van der Waals surface area contributed by atoms with Crippen LogP contribution < -0.4 is 0 Å². The molecule has 0 saturated heterocycles. The number of rotatable bonds is 1. The maximum absolute atomic E-state index is 13.1. The van der Waals surface area contributed by atoms with Crippen molar-refractivity contribution in [3.8, 4) is 11.1 Å². The molecule has 3 heteroatoms. The highest BCUT2D eigenvalue weighted by molar-refractivity contribution is 5.93. The lowest BCUT2D eigenvalue weighted by molar-refractivity contribution is 0.624. The number of H-pyrrole nitrogens is 1. The Morgan fingerprint density at radius 1 is 1.12 bits per heavy atom. The normalized spacial score (nSPS) is 10.8. The van der Waals surface area contributed by atoms with Crippen LogP contribution in [0.25, 0.3) is 22.2 Å². The average Bonchev–Trinajstić information content (AvgIpc) is 2.73. The molecular formula is C13H9FN2. The van der Waals surface area contributed by atoms with Gasteiger partial charge in [-0.2, -0.15) is 0 Å². The summed E-state index contributed by atoms with van der Waals surface area (Å²) in [7, 11) is 0. The number of fused-ring (bicyclic) bond motifs is 1. The Bertz CT molecular complexity index is 629. The van der Waals surface area contributed by atoms with Crippen molar-refractivity contribution in [2.24, 2.45) is 0 Å². The second-order valence-electron chi connectivity index (χ2n) is 3.62. The molecule has 0 unspecified atom stereocenters. The summed E-state index contributed by atoms with van der Waals surface area (Å²) in [5.74, 6) is -0.315. The van der Waals surface area contributed by atoms with Crippen LogP contribution in [-0.4, -0.2) is 9.97 Å². The van der Waals surface area contributed by atoms with Gasteiger partial charge in [-0.1, -0.05) is 30.3 Å². The summed E-state index contributed by atoms with van der Waals surface area (Å²) in [5, 5.41) is 0.811. The van der Waals surface area contributed by atoms with E-state index in [1.165, 1.54) is 12.3 Å². The van der Waals surface area contributed by atoms with Crippen molar-refractivity contribution >= 4 is 11.0 Å². The van der Waals surface area contributed by atoms with Crippen LogP contribution >= 0.6 is 0 Å².